The lowest BCUT2D eigenvalue weighted by molar-refractivity contribution is -0.0228. The largest absolute Gasteiger partial charge is 0.272 e. The van der Waals surface area contributed by atoms with Crippen LogP contribution in [0.15, 0.2) is 12.3 Å². The van der Waals surface area contributed by atoms with Gasteiger partial charge in [0.2, 0.25) is 0 Å². The lowest BCUT2D eigenvalue weighted by atomic mass is 9.87. The molecule has 0 aromatic heterocycles. The average Bonchev–Trinajstić information content (AvgIpc) is 2.11. The van der Waals surface area contributed by atoms with E-state index >= 15 is 0 Å². The third kappa shape index (κ3) is 1.51. The predicted octanol–water partition coefficient (Wildman–Crippen LogP) is 1.84. The molecule has 1 atom stereocenters. The molecule has 1 N–H and O–H groups in total. The highest BCUT2D eigenvalue weighted by Crippen LogP contribution is 2.29. The van der Waals surface area contributed by atoms with Gasteiger partial charge >= 0.3 is 0 Å². The summed E-state index contributed by atoms with van der Waals surface area (Å²) >= 11 is 0. The van der Waals surface area contributed by atoms with E-state index in [0.717, 1.165) is 12.1 Å². The molecule has 1 saturated heterocycles. The number of rotatable bonds is 0. The summed E-state index contributed by atoms with van der Waals surface area (Å²) in [6, 6.07) is 0. The minimum absolute atomic E-state index is 0.215. The fraction of sp³-hybridized carbons (Fsp3) is 0.750. The molecule has 1 aliphatic rings. The zero-order chi connectivity index (χ0) is 7.78. The molecule has 1 heterocycles. The molecule has 1 unspecified atom stereocenters. The molecule has 0 saturated carbocycles. The van der Waals surface area contributed by atoms with Crippen LogP contribution in [0.25, 0.3) is 0 Å². The molecule has 58 valence electrons. The van der Waals surface area contributed by atoms with Gasteiger partial charge in [0.05, 0.1) is 6.10 Å². The van der Waals surface area contributed by atoms with Crippen LogP contribution in [0.5, 0.6) is 0 Å². The van der Waals surface area contributed by atoms with Gasteiger partial charge in [0, 0.05) is 12.1 Å². The van der Waals surface area contributed by atoms with Gasteiger partial charge < -0.3 is 0 Å². The number of hydrogen-bond donors (Lipinski definition) is 1. The van der Waals surface area contributed by atoms with E-state index in [1.54, 1.807) is 0 Å². The summed E-state index contributed by atoms with van der Waals surface area (Å²) in [5, 5.41) is 0. The Balaban J connectivity index is 2.53. The number of hydroxylamine groups is 1. The topological polar surface area (TPSA) is 21.3 Å². The van der Waals surface area contributed by atoms with Crippen LogP contribution in [0, 0.1) is 5.41 Å². The first-order chi connectivity index (χ1) is 4.50. The van der Waals surface area contributed by atoms with Gasteiger partial charge in [-0.1, -0.05) is 27.4 Å². The summed E-state index contributed by atoms with van der Waals surface area (Å²) in [6.45, 7) is 10.3. The van der Waals surface area contributed by atoms with Crippen molar-refractivity contribution >= 4 is 0 Å². The Hall–Kier alpha value is -0.500. The van der Waals surface area contributed by atoms with Crippen LogP contribution < -0.4 is 5.48 Å². The molecule has 0 aromatic carbocycles. The Labute approximate surface area is 62.2 Å². The Bertz CT molecular complexity index is 146. The van der Waals surface area contributed by atoms with Gasteiger partial charge in [0.25, 0.3) is 0 Å². The van der Waals surface area contributed by atoms with Crippen LogP contribution in [0.2, 0.25) is 0 Å². The summed E-state index contributed by atoms with van der Waals surface area (Å²) in [5.74, 6) is 0. The van der Waals surface area contributed by atoms with Crippen LogP contribution in [-0.2, 0) is 4.84 Å². The quantitative estimate of drug-likeness (QED) is 0.555. The van der Waals surface area contributed by atoms with Gasteiger partial charge in [-0.2, -0.15) is 0 Å². The first-order valence-corrected chi connectivity index (χ1v) is 3.59. The normalized spacial score (nSPS) is 26.7. The second kappa shape index (κ2) is 2.27. The molecule has 1 fully saturated rings. The van der Waals surface area contributed by atoms with E-state index < -0.39 is 0 Å². The molecule has 10 heavy (non-hydrogen) atoms. The maximum Gasteiger partial charge on any atom is 0.0956 e. The standard InChI is InChI=1S/C8H15NO/c1-6-5-7(10-9-6)8(2,3)4/h7,9H,1,5H2,2-4H3. The monoisotopic (exact) mass is 141 g/mol. The van der Waals surface area contributed by atoms with Crippen molar-refractivity contribution in [2.24, 2.45) is 5.41 Å². The van der Waals surface area contributed by atoms with Gasteiger partial charge in [-0.25, -0.2) is 0 Å². The summed E-state index contributed by atoms with van der Waals surface area (Å²) < 4.78 is 0. The van der Waals surface area contributed by atoms with Crippen molar-refractivity contribution in [3.63, 3.8) is 0 Å². The lowest BCUT2D eigenvalue weighted by Gasteiger charge is -2.23. The molecule has 0 spiro atoms. The SMILES string of the molecule is C=C1CC(C(C)(C)C)ON1. The molecule has 0 aliphatic carbocycles. The van der Waals surface area contributed by atoms with Crippen molar-refractivity contribution in [1.29, 1.82) is 0 Å². The van der Waals surface area contributed by atoms with E-state index in [0.29, 0.717) is 0 Å². The summed E-state index contributed by atoms with van der Waals surface area (Å²) in [7, 11) is 0. The first-order valence-electron chi connectivity index (χ1n) is 3.59. The molecular formula is C8H15NO. The lowest BCUT2D eigenvalue weighted by Crippen LogP contribution is -2.26. The summed E-state index contributed by atoms with van der Waals surface area (Å²) in [6.07, 6.45) is 1.21. The van der Waals surface area contributed by atoms with Crippen LogP contribution in [0.1, 0.15) is 27.2 Å². The van der Waals surface area contributed by atoms with Gasteiger partial charge in [0.1, 0.15) is 0 Å². The summed E-state index contributed by atoms with van der Waals surface area (Å²) in [5.41, 5.74) is 3.98. The molecule has 2 heteroatoms. The molecule has 2 nitrogen and oxygen atoms in total. The van der Waals surface area contributed by atoms with Crippen LogP contribution in [-0.4, -0.2) is 6.10 Å². The third-order valence-corrected chi connectivity index (χ3v) is 1.74. The second-order valence-electron chi connectivity index (χ2n) is 3.88. The molecule has 0 bridgehead atoms. The Kier molecular flexibility index (Phi) is 1.73. The van der Waals surface area contributed by atoms with Gasteiger partial charge in [-0.3, -0.25) is 10.3 Å². The smallest absolute Gasteiger partial charge is 0.0956 e. The maximum atomic E-state index is 5.28. The average molecular weight is 141 g/mol. The Morgan fingerprint density at radius 3 is 2.40 bits per heavy atom. The van der Waals surface area contributed by atoms with Crippen molar-refractivity contribution in [1.82, 2.24) is 5.48 Å². The van der Waals surface area contributed by atoms with E-state index in [1.807, 2.05) is 0 Å². The van der Waals surface area contributed by atoms with Gasteiger partial charge in [0.15, 0.2) is 0 Å². The highest BCUT2D eigenvalue weighted by molar-refractivity contribution is 4.98. The first kappa shape index (κ1) is 7.61. The molecule has 0 amide bonds. The zero-order valence-corrected chi connectivity index (χ0v) is 6.90. The second-order valence-corrected chi connectivity index (χ2v) is 3.88. The van der Waals surface area contributed by atoms with Crippen molar-refractivity contribution < 1.29 is 4.84 Å². The fourth-order valence-electron chi connectivity index (χ4n) is 0.945. The number of hydrogen-bond acceptors (Lipinski definition) is 2. The van der Waals surface area contributed by atoms with Gasteiger partial charge in [-0.05, 0) is 5.41 Å². The minimum Gasteiger partial charge on any atom is -0.272 e. The van der Waals surface area contributed by atoms with Gasteiger partial charge in [-0.15, -0.1) is 0 Å². The third-order valence-electron chi connectivity index (χ3n) is 1.74. The van der Waals surface area contributed by atoms with E-state index in [4.69, 9.17) is 4.84 Å². The molecular weight excluding hydrogens is 126 g/mol. The van der Waals surface area contributed by atoms with E-state index in [1.165, 1.54) is 0 Å². The fourth-order valence-corrected chi connectivity index (χ4v) is 0.945. The van der Waals surface area contributed by atoms with Crippen molar-refractivity contribution in [2.45, 2.75) is 33.3 Å². The van der Waals surface area contributed by atoms with E-state index in [-0.39, 0.29) is 11.5 Å². The van der Waals surface area contributed by atoms with Crippen LogP contribution in [0.4, 0.5) is 0 Å². The van der Waals surface area contributed by atoms with Crippen LogP contribution >= 0.6 is 0 Å². The molecule has 1 rings (SSSR count). The molecule has 0 radical (unpaired) electrons. The van der Waals surface area contributed by atoms with Crippen LogP contribution in [0.3, 0.4) is 0 Å². The van der Waals surface area contributed by atoms with Crippen molar-refractivity contribution in [3.05, 3.63) is 12.3 Å². The van der Waals surface area contributed by atoms with Crippen molar-refractivity contribution in [3.8, 4) is 0 Å². The highest BCUT2D eigenvalue weighted by Gasteiger charge is 2.30. The number of nitrogens with one attached hydrogen (secondary N) is 1. The van der Waals surface area contributed by atoms with E-state index in [2.05, 4.69) is 32.8 Å². The molecule has 1 aliphatic heterocycles. The van der Waals surface area contributed by atoms with E-state index in [9.17, 15) is 0 Å². The van der Waals surface area contributed by atoms with Crippen molar-refractivity contribution in [2.75, 3.05) is 0 Å². The zero-order valence-electron chi connectivity index (χ0n) is 6.90. The summed E-state index contributed by atoms with van der Waals surface area (Å²) in [4.78, 5) is 5.28. The Morgan fingerprint density at radius 1 is 1.60 bits per heavy atom. The predicted molar refractivity (Wildman–Crippen MR) is 41.2 cm³/mol. The Morgan fingerprint density at radius 2 is 2.20 bits per heavy atom. The highest BCUT2D eigenvalue weighted by atomic mass is 16.7. The minimum atomic E-state index is 0.215. The molecule has 0 aromatic rings. The maximum absolute atomic E-state index is 5.28.